The van der Waals surface area contributed by atoms with Crippen LogP contribution in [0.5, 0.6) is 11.5 Å². The molecule has 0 atom stereocenters. The number of nitrogens with zero attached hydrogens (tertiary/aromatic N) is 1. The van der Waals surface area contributed by atoms with E-state index in [1.807, 2.05) is 24.3 Å². The molecular formula is C16H19NO. The lowest BCUT2D eigenvalue weighted by atomic mass is 10.2. The number of hydrogen-bond donors (Lipinski definition) is 0. The number of hydrogen-bond acceptors (Lipinski definition) is 2. The second kappa shape index (κ2) is 5.69. The van der Waals surface area contributed by atoms with Gasteiger partial charge in [0.15, 0.2) is 0 Å². The van der Waals surface area contributed by atoms with Gasteiger partial charge in [-0.25, -0.2) is 0 Å². The smallest absolute Gasteiger partial charge is 0.127 e. The van der Waals surface area contributed by atoms with E-state index >= 15 is 0 Å². The van der Waals surface area contributed by atoms with E-state index in [0.29, 0.717) is 0 Å². The number of ether oxygens (including phenoxy) is 1. The highest BCUT2D eigenvalue weighted by atomic mass is 16.5. The Balaban J connectivity index is 2.04. The van der Waals surface area contributed by atoms with Crippen molar-refractivity contribution in [1.82, 2.24) is 4.90 Å². The molecule has 0 heterocycles. The summed E-state index contributed by atoms with van der Waals surface area (Å²) in [6.07, 6.45) is 0. The van der Waals surface area contributed by atoms with Gasteiger partial charge in [-0.05, 0) is 50.8 Å². The van der Waals surface area contributed by atoms with Crippen LogP contribution in [-0.2, 0) is 6.54 Å². The van der Waals surface area contributed by atoms with Gasteiger partial charge in [0.2, 0.25) is 0 Å². The molecule has 2 rings (SSSR count). The van der Waals surface area contributed by atoms with Gasteiger partial charge in [0.05, 0.1) is 0 Å². The highest BCUT2D eigenvalue weighted by Gasteiger charge is 1.99. The summed E-state index contributed by atoms with van der Waals surface area (Å²) in [4.78, 5) is 2.15. The van der Waals surface area contributed by atoms with Crippen LogP contribution < -0.4 is 4.74 Å². The Kier molecular flexibility index (Phi) is 4.00. The summed E-state index contributed by atoms with van der Waals surface area (Å²) >= 11 is 0. The van der Waals surface area contributed by atoms with Crippen LogP contribution in [0.15, 0.2) is 48.5 Å². The van der Waals surface area contributed by atoms with Crippen LogP contribution in [0.25, 0.3) is 0 Å². The topological polar surface area (TPSA) is 12.5 Å². The fourth-order valence-electron chi connectivity index (χ4n) is 1.77. The molecule has 0 spiro atoms. The number of benzene rings is 2. The summed E-state index contributed by atoms with van der Waals surface area (Å²) in [5.74, 6) is 1.75. The summed E-state index contributed by atoms with van der Waals surface area (Å²) in [5.41, 5.74) is 2.53. The Morgan fingerprint density at radius 1 is 0.833 bits per heavy atom. The molecule has 0 saturated heterocycles. The van der Waals surface area contributed by atoms with Crippen molar-refractivity contribution in [2.45, 2.75) is 13.5 Å². The molecule has 0 radical (unpaired) electrons. The molecule has 18 heavy (non-hydrogen) atoms. The molecule has 2 heteroatoms. The normalized spacial score (nSPS) is 10.7. The number of rotatable bonds is 4. The van der Waals surface area contributed by atoms with Crippen molar-refractivity contribution in [3.05, 3.63) is 59.7 Å². The fourth-order valence-corrected chi connectivity index (χ4v) is 1.77. The first-order chi connectivity index (χ1) is 8.63. The molecule has 0 aliphatic heterocycles. The van der Waals surface area contributed by atoms with Crippen molar-refractivity contribution in [1.29, 1.82) is 0 Å². The largest absolute Gasteiger partial charge is 0.457 e. The molecule has 0 fully saturated rings. The maximum atomic E-state index is 5.78. The average molecular weight is 241 g/mol. The highest BCUT2D eigenvalue weighted by Crippen LogP contribution is 2.22. The summed E-state index contributed by atoms with van der Waals surface area (Å²) < 4.78 is 5.78. The van der Waals surface area contributed by atoms with Gasteiger partial charge in [-0.1, -0.05) is 29.8 Å². The monoisotopic (exact) mass is 241 g/mol. The van der Waals surface area contributed by atoms with E-state index in [2.05, 4.69) is 50.2 Å². The molecule has 94 valence electrons. The van der Waals surface area contributed by atoms with E-state index < -0.39 is 0 Å². The Labute approximate surface area is 109 Å². The molecule has 0 unspecified atom stereocenters. The molecule has 0 N–H and O–H groups in total. The first kappa shape index (κ1) is 12.7. The van der Waals surface area contributed by atoms with E-state index in [1.54, 1.807) is 0 Å². The maximum absolute atomic E-state index is 5.78. The van der Waals surface area contributed by atoms with E-state index in [0.717, 1.165) is 18.0 Å². The van der Waals surface area contributed by atoms with Gasteiger partial charge in [-0.3, -0.25) is 0 Å². The zero-order chi connectivity index (χ0) is 13.0. The van der Waals surface area contributed by atoms with E-state index in [4.69, 9.17) is 4.74 Å². The molecule has 0 bridgehead atoms. The van der Waals surface area contributed by atoms with Crippen LogP contribution in [-0.4, -0.2) is 19.0 Å². The van der Waals surface area contributed by atoms with Gasteiger partial charge in [0, 0.05) is 6.54 Å². The molecule has 0 aliphatic rings. The van der Waals surface area contributed by atoms with Crippen LogP contribution in [0.1, 0.15) is 11.1 Å². The van der Waals surface area contributed by atoms with E-state index in [-0.39, 0.29) is 0 Å². The Bertz CT molecular complexity index is 486. The Hall–Kier alpha value is -1.80. The van der Waals surface area contributed by atoms with Crippen molar-refractivity contribution < 1.29 is 4.74 Å². The van der Waals surface area contributed by atoms with Crippen molar-refractivity contribution in [2.75, 3.05) is 14.1 Å². The maximum Gasteiger partial charge on any atom is 0.127 e. The van der Waals surface area contributed by atoms with Crippen LogP contribution in [0.3, 0.4) is 0 Å². The Morgan fingerprint density at radius 3 is 1.83 bits per heavy atom. The third-order valence-corrected chi connectivity index (χ3v) is 2.68. The molecular weight excluding hydrogens is 222 g/mol. The zero-order valence-electron chi connectivity index (χ0n) is 11.2. The van der Waals surface area contributed by atoms with Gasteiger partial charge < -0.3 is 9.64 Å². The van der Waals surface area contributed by atoms with Crippen molar-refractivity contribution in [3.8, 4) is 11.5 Å². The average Bonchev–Trinajstić information content (AvgIpc) is 2.34. The lowest BCUT2D eigenvalue weighted by Gasteiger charge is -2.10. The second-order valence-electron chi connectivity index (χ2n) is 4.80. The molecule has 0 amide bonds. The van der Waals surface area contributed by atoms with Crippen molar-refractivity contribution >= 4 is 0 Å². The molecule has 0 saturated carbocycles. The van der Waals surface area contributed by atoms with Gasteiger partial charge in [-0.2, -0.15) is 0 Å². The lowest BCUT2D eigenvalue weighted by Crippen LogP contribution is -2.10. The van der Waals surface area contributed by atoms with Gasteiger partial charge in [0.25, 0.3) is 0 Å². The minimum Gasteiger partial charge on any atom is -0.457 e. The fraction of sp³-hybridized carbons (Fsp3) is 0.250. The third-order valence-electron chi connectivity index (χ3n) is 2.68. The predicted octanol–water partition coefficient (Wildman–Crippen LogP) is 3.85. The molecule has 2 nitrogen and oxygen atoms in total. The van der Waals surface area contributed by atoms with Gasteiger partial charge in [-0.15, -0.1) is 0 Å². The van der Waals surface area contributed by atoms with Crippen molar-refractivity contribution in [3.63, 3.8) is 0 Å². The van der Waals surface area contributed by atoms with Gasteiger partial charge in [0.1, 0.15) is 11.5 Å². The molecule has 0 aliphatic carbocycles. The Morgan fingerprint density at radius 2 is 1.33 bits per heavy atom. The molecule has 2 aromatic rings. The minimum atomic E-state index is 0.876. The van der Waals surface area contributed by atoms with Crippen LogP contribution in [0.4, 0.5) is 0 Å². The van der Waals surface area contributed by atoms with Crippen LogP contribution in [0.2, 0.25) is 0 Å². The summed E-state index contributed by atoms with van der Waals surface area (Å²) in [7, 11) is 4.13. The highest BCUT2D eigenvalue weighted by molar-refractivity contribution is 5.34. The minimum absolute atomic E-state index is 0.876. The standard InChI is InChI=1S/C16H19NO/c1-13-4-8-15(9-5-13)18-16-10-6-14(7-11-16)12-17(2)3/h4-11H,12H2,1-3H3. The SMILES string of the molecule is Cc1ccc(Oc2ccc(CN(C)C)cc2)cc1. The van der Waals surface area contributed by atoms with Crippen LogP contribution in [0, 0.1) is 6.92 Å². The second-order valence-corrected chi connectivity index (χ2v) is 4.80. The quantitative estimate of drug-likeness (QED) is 0.806. The van der Waals surface area contributed by atoms with E-state index in [9.17, 15) is 0 Å². The summed E-state index contributed by atoms with van der Waals surface area (Å²) in [6.45, 7) is 3.02. The first-order valence-corrected chi connectivity index (χ1v) is 6.12. The number of aryl methyl sites for hydroxylation is 1. The van der Waals surface area contributed by atoms with Crippen molar-refractivity contribution in [2.24, 2.45) is 0 Å². The summed E-state index contributed by atoms with van der Waals surface area (Å²) in [5, 5.41) is 0. The van der Waals surface area contributed by atoms with Crippen LogP contribution >= 0.6 is 0 Å². The molecule has 0 aromatic heterocycles. The summed E-state index contributed by atoms with van der Waals surface area (Å²) in [6, 6.07) is 16.3. The molecule has 2 aromatic carbocycles. The zero-order valence-corrected chi connectivity index (χ0v) is 11.2. The third kappa shape index (κ3) is 3.60. The predicted molar refractivity (Wildman–Crippen MR) is 75.1 cm³/mol. The first-order valence-electron chi connectivity index (χ1n) is 6.12. The van der Waals surface area contributed by atoms with Gasteiger partial charge >= 0.3 is 0 Å². The lowest BCUT2D eigenvalue weighted by molar-refractivity contribution is 0.402. The van der Waals surface area contributed by atoms with E-state index in [1.165, 1.54) is 11.1 Å².